The highest BCUT2D eigenvalue weighted by Crippen LogP contribution is 2.33. The molecule has 1 saturated carbocycles. The SMILES string of the molecule is c1ccc(-c2noc(N3CCCCC3)c2CNC2CC2)cc1. The van der Waals surface area contributed by atoms with Crippen LogP contribution in [0.4, 0.5) is 5.88 Å². The van der Waals surface area contributed by atoms with Gasteiger partial charge in [-0.25, -0.2) is 0 Å². The van der Waals surface area contributed by atoms with Crippen molar-refractivity contribution in [1.82, 2.24) is 10.5 Å². The van der Waals surface area contributed by atoms with E-state index in [1.54, 1.807) is 0 Å². The lowest BCUT2D eigenvalue weighted by molar-refractivity contribution is 0.405. The molecule has 1 saturated heterocycles. The molecule has 0 radical (unpaired) electrons. The first-order valence-corrected chi connectivity index (χ1v) is 8.44. The van der Waals surface area contributed by atoms with Crippen molar-refractivity contribution in [2.75, 3.05) is 18.0 Å². The number of nitrogens with zero attached hydrogens (tertiary/aromatic N) is 2. The van der Waals surface area contributed by atoms with Crippen molar-refractivity contribution >= 4 is 5.88 Å². The Balaban J connectivity index is 1.65. The summed E-state index contributed by atoms with van der Waals surface area (Å²) in [5.41, 5.74) is 3.36. The van der Waals surface area contributed by atoms with Gasteiger partial charge in [-0.05, 0) is 32.1 Å². The first-order valence-electron chi connectivity index (χ1n) is 8.44. The van der Waals surface area contributed by atoms with Crippen LogP contribution < -0.4 is 10.2 Å². The quantitative estimate of drug-likeness (QED) is 0.916. The van der Waals surface area contributed by atoms with E-state index < -0.39 is 0 Å². The average molecular weight is 297 g/mol. The van der Waals surface area contributed by atoms with Gasteiger partial charge >= 0.3 is 0 Å². The average Bonchev–Trinajstić information content (AvgIpc) is 3.32. The molecular formula is C18H23N3O. The summed E-state index contributed by atoms with van der Waals surface area (Å²) in [7, 11) is 0. The monoisotopic (exact) mass is 297 g/mol. The van der Waals surface area contributed by atoms with Gasteiger partial charge in [-0.15, -0.1) is 0 Å². The van der Waals surface area contributed by atoms with Crippen LogP contribution in [0.1, 0.15) is 37.7 Å². The molecule has 0 bridgehead atoms. The number of aromatic nitrogens is 1. The number of hydrogen-bond donors (Lipinski definition) is 1. The first-order chi connectivity index (χ1) is 10.9. The molecule has 1 aliphatic heterocycles. The summed E-state index contributed by atoms with van der Waals surface area (Å²) in [6.07, 6.45) is 6.41. The van der Waals surface area contributed by atoms with E-state index in [1.165, 1.54) is 37.7 Å². The molecule has 0 spiro atoms. The largest absolute Gasteiger partial charge is 0.340 e. The highest BCUT2D eigenvalue weighted by Gasteiger charge is 2.26. The molecule has 2 aromatic rings. The van der Waals surface area contributed by atoms with Crippen molar-refractivity contribution in [2.45, 2.75) is 44.7 Å². The maximum Gasteiger partial charge on any atom is 0.232 e. The minimum Gasteiger partial charge on any atom is -0.340 e. The molecule has 0 amide bonds. The van der Waals surface area contributed by atoms with Crippen LogP contribution in [0.5, 0.6) is 0 Å². The second-order valence-electron chi connectivity index (χ2n) is 6.38. The topological polar surface area (TPSA) is 41.3 Å². The Morgan fingerprint density at radius 1 is 1.09 bits per heavy atom. The second kappa shape index (κ2) is 6.13. The molecular weight excluding hydrogens is 274 g/mol. The fraction of sp³-hybridized carbons (Fsp3) is 0.500. The van der Waals surface area contributed by atoms with Crippen molar-refractivity contribution in [3.05, 3.63) is 35.9 Å². The van der Waals surface area contributed by atoms with Crippen LogP contribution in [-0.2, 0) is 6.54 Å². The summed E-state index contributed by atoms with van der Waals surface area (Å²) in [6.45, 7) is 3.02. The lowest BCUT2D eigenvalue weighted by Crippen LogP contribution is -2.30. The Morgan fingerprint density at radius 3 is 2.59 bits per heavy atom. The van der Waals surface area contributed by atoms with Gasteiger partial charge in [-0.2, -0.15) is 0 Å². The third-order valence-electron chi connectivity index (χ3n) is 4.60. The molecule has 4 nitrogen and oxygen atoms in total. The Hall–Kier alpha value is -1.81. The van der Waals surface area contributed by atoms with E-state index in [2.05, 4.69) is 39.6 Å². The van der Waals surface area contributed by atoms with Gasteiger partial charge in [0.1, 0.15) is 5.69 Å². The molecule has 1 aliphatic carbocycles. The molecule has 0 unspecified atom stereocenters. The summed E-state index contributed by atoms with van der Waals surface area (Å²) in [5.74, 6) is 0.978. The van der Waals surface area contributed by atoms with Gasteiger partial charge in [0.2, 0.25) is 5.88 Å². The summed E-state index contributed by atoms with van der Waals surface area (Å²) in [6, 6.07) is 11.1. The molecule has 1 N–H and O–H groups in total. The fourth-order valence-corrected chi connectivity index (χ4v) is 3.16. The van der Waals surface area contributed by atoms with E-state index in [4.69, 9.17) is 4.52 Å². The Kier molecular flexibility index (Phi) is 3.85. The molecule has 2 aliphatic rings. The van der Waals surface area contributed by atoms with Crippen LogP contribution in [0.15, 0.2) is 34.9 Å². The van der Waals surface area contributed by atoms with Gasteiger partial charge in [-0.1, -0.05) is 35.5 Å². The molecule has 1 aromatic heterocycles. The summed E-state index contributed by atoms with van der Waals surface area (Å²) in [5, 5.41) is 8.03. The van der Waals surface area contributed by atoms with Gasteiger partial charge < -0.3 is 14.7 Å². The summed E-state index contributed by atoms with van der Waals surface area (Å²) in [4.78, 5) is 2.37. The smallest absolute Gasteiger partial charge is 0.232 e. The maximum absolute atomic E-state index is 5.78. The molecule has 4 heteroatoms. The number of anilines is 1. The molecule has 2 fully saturated rings. The van der Waals surface area contributed by atoms with Crippen LogP contribution in [-0.4, -0.2) is 24.3 Å². The molecule has 116 valence electrons. The van der Waals surface area contributed by atoms with Gasteiger partial charge in [0, 0.05) is 31.2 Å². The van der Waals surface area contributed by atoms with E-state index in [-0.39, 0.29) is 0 Å². The number of piperidine rings is 1. The van der Waals surface area contributed by atoms with Crippen LogP contribution in [0.2, 0.25) is 0 Å². The van der Waals surface area contributed by atoms with Crippen molar-refractivity contribution in [3.8, 4) is 11.3 Å². The normalized spacial score (nSPS) is 18.6. The van der Waals surface area contributed by atoms with Crippen LogP contribution in [0, 0.1) is 0 Å². The second-order valence-corrected chi connectivity index (χ2v) is 6.38. The highest BCUT2D eigenvalue weighted by atomic mass is 16.5. The molecule has 2 heterocycles. The first kappa shape index (κ1) is 13.8. The predicted molar refractivity (Wildman–Crippen MR) is 87.9 cm³/mol. The van der Waals surface area contributed by atoms with E-state index in [0.29, 0.717) is 6.04 Å². The minimum atomic E-state index is 0.688. The van der Waals surface area contributed by atoms with Crippen molar-refractivity contribution < 1.29 is 4.52 Å². The number of hydrogen-bond acceptors (Lipinski definition) is 4. The fourth-order valence-electron chi connectivity index (χ4n) is 3.16. The standard InChI is InChI=1S/C18H23N3O/c1-3-7-14(8-4-1)17-16(13-19-15-9-10-15)18(22-20-17)21-11-5-2-6-12-21/h1,3-4,7-8,15,19H,2,5-6,9-13H2. The van der Waals surface area contributed by atoms with Gasteiger partial charge in [0.25, 0.3) is 0 Å². The maximum atomic E-state index is 5.78. The Bertz CT molecular complexity index is 613. The van der Waals surface area contributed by atoms with E-state index >= 15 is 0 Å². The van der Waals surface area contributed by atoms with E-state index in [0.717, 1.165) is 36.8 Å². The van der Waals surface area contributed by atoms with E-state index in [9.17, 15) is 0 Å². The molecule has 1 aromatic carbocycles. The van der Waals surface area contributed by atoms with Crippen LogP contribution in [0.25, 0.3) is 11.3 Å². The van der Waals surface area contributed by atoms with Gasteiger partial charge in [-0.3, -0.25) is 0 Å². The zero-order chi connectivity index (χ0) is 14.8. The Morgan fingerprint density at radius 2 is 1.86 bits per heavy atom. The van der Waals surface area contributed by atoms with Gasteiger partial charge in [0.15, 0.2) is 0 Å². The zero-order valence-corrected chi connectivity index (χ0v) is 12.9. The number of benzene rings is 1. The molecule has 0 atom stereocenters. The van der Waals surface area contributed by atoms with Crippen molar-refractivity contribution in [2.24, 2.45) is 0 Å². The van der Waals surface area contributed by atoms with Gasteiger partial charge in [0.05, 0.1) is 5.56 Å². The number of nitrogens with one attached hydrogen (secondary N) is 1. The lowest BCUT2D eigenvalue weighted by atomic mass is 10.1. The Labute approximate surface area is 131 Å². The highest BCUT2D eigenvalue weighted by molar-refractivity contribution is 5.68. The van der Waals surface area contributed by atoms with Crippen molar-refractivity contribution in [1.29, 1.82) is 0 Å². The molecule has 4 rings (SSSR count). The minimum absolute atomic E-state index is 0.688. The predicted octanol–water partition coefficient (Wildman–Crippen LogP) is 3.58. The summed E-state index contributed by atoms with van der Waals surface area (Å²) < 4.78 is 5.78. The lowest BCUT2D eigenvalue weighted by Gasteiger charge is -2.26. The molecule has 22 heavy (non-hydrogen) atoms. The van der Waals surface area contributed by atoms with Crippen molar-refractivity contribution in [3.63, 3.8) is 0 Å². The van der Waals surface area contributed by atoms with Crippen LogP contribution in [0.3, 0.4) is 0 Å². The zero-order valence-electron chi connectivity index (χ0n) is 12.9. The number of rotatable bonds is 5. The summed E-state index contributed by atoms with van der Waals surface area (Å²) >= 11 is 0. The third-order valence-corrected chi connectivity index (χ3v) is 4.60. The van der Waals surface area contributed by atoms with Crippen LogP contribution >= 0.6 is 0 Å². The third kappa shape index (κ3) is 2.88. The van der Waals surface area contributed by atoms with E-state index in [1.807, 2.05) is 6.07 Å².